The van der Waals surface area contributed by atoms with E-state index in [4.69, 9.17) is 4.74 Å². The number of carbonyl (C=O) groups is 2. The molecule has 0 aromatic carbocycles. The van der Waals surface area contributed by atoms with Crippen molar-refractivity contribution >= 4 is 11.8 Å². The minimum atomic E-state index is -0.871. The topological polar surface area (TPSA) is 67.2 Å². The molecule has 2 bridgehead atoms. The van der Waals surface area contributed by atoms with Crippen LogP contribution in [0.25, 0.3) is 0 Å². The fourth-order valence-electron chi connectivity index (χ4n) is 6.65. The van der Waals surface area contributed by atoms with Crippen molar-refractivity contribution in [3.05, 3.63) is 0 Å². The predicted molar refractivity (Wildman–Crippen MR) is 96.6 cm³/mol. The summed E-state index contributed by atoms with van der Waals surface area (Å²) in [5.41, 5.74) is -1.14. The number of ether oxygens (including phenoxy) is 1. The average Bonchev–Trinajstić information content (AvgIpc) is 3.07. The molecule has 0 spiro atoms. The van der Waals surface area contributed by atoms with E-state index in [2.05, 4.69) is 40.7 Å². The molecular weight excluding hydrogens is 326 g/mol. The molecule has 3 aliphatic carbocycles. The first-order valence-corrected chi connectivity index (χ1v) is 10.3. The van der Waals surface area contributed by atoms with Crippen LogP contribution >= 0.6 is 0 Å². The van der Waals surface area contributed by atoms with Crippen LogP contribution in [0.15, 0.2) is 0 Å². The number of ketones is 1. The normalized spacial score (nSPS) is 44.9. The van der Waals surface area contributed by atoms with E-state index in [1.54, 1.807) is 0 Å². The van der Waals surface area contributed by atoms with Gasteiger partial charge in [-0.25, -0.2) is 0 Å². The standard InChI is InChI=1S/C22H31NO3/c1-11(2)8-21(5,12(3)4)19(24)15-7-14(15)17-13-6-16-18(17)26-20(25)22(16,9-13)10-23/h11-18H,6-9H2,1-5H3. The van der Waals surface area contributed by atoms with Crippen molar-refractivity contribution in [2.45, 2.75) is 66.4 Å². The third kappa shape index (κ3) is 2.18. The lowest BCUT2D eigenvalue weighted by atomic mass is 9.67. The molecule has 1 heterocycles. The van der Waals surface area contributed by atoms with Crippen LogP contribution in [-0.2, 0) is 14.3 Å². The Morgan fingerprint density at radius 2 is 2.04 bits per heavy atom. The van der Waals surface area contributed by atoms with Gasteiger partial charge < -0.3 is 4.74 Å². The van der Waals surface area contributed by atoms with Crippen molar-refractivity contribution < 1.29 is 14.3 Å². The number of nitriles is 1. The first-order valence-electron chi connectivity index (χ1n) is 10.3. The number of esters is 1. The first kappa shape index (κ1) is 18.0. The number of hydrogen-bond donors (Lipinski definition) is 0. The summed E-state index contributed by atoms with van der Waals surface area (Å²) in [4.78, 5) is 25.7. The lowest BCUT2D eigenvalue weighted by Gasteiger charge is -2.35. The van der Waals surface area contributed by atoms with Crippen molar-refractivity contribution in [2.75, 3.05) is 0 Å². The Labute approximate surface area is 156 Å². The van der Waals surface area contributed by atoms with Gasteiger partial charge in [0.05, 0.1) is 6.07 Å². The highest BCUT2D eigenvalue weighted by Crippen LogP contribution is 2.69. The van der Waals surface area contributed by atoms with E-state index in [1.165, 1.54) is 0 Å². The quantitative estimate of drug-likeness (QED) is 0.674. The largest absolute Gasteiger partial charge is 0.460 e. The molecule has 0 amide bonds. The lowest BCUT2D eigenvalue weighted by Crippen LogP contribution is -2.38. The van der Waals surface area contributed by atoms with E-state index in [0.717, 1.165) is 19.3 Å². The van der Waals surface area contributed by atoms with Crippen molar-refractivity contribution in [3.63, 3.8) is 0 Å². The third-order valence-electron chi connectivity index (χ3n) is 8.24. The van der Waals surface area contributed by atoms with E-state index in [1.807, 2.05) is 0 Å². The van der Waals surface area contributed by atoms with Gasteiger partial charge in [0.1, 0.15) is 11.9 Å². The molecule has 4 aliphatic rings. The van der Waals surface area contributed by atoms with E-state index >= 15 is 0 Å². The number of fused-ring (bicyclic) bond motifs is 1. The zero-order chi connectivity index (χ0) is 19.0. The summed E-state index contributed by atoms with van der Waals surface area (Å²) >= 11 is 0. The fraction of sp³-hybridized carbons (Fsp3) is 0.864. The highest BCUT2D eigenvalue weighted by molar-refractivity contribution is 5.89. The smallest absolute Gasteiger partial charge is 0.327 e. The van der Waals surface area contributed by atoms with Crippen molar-refractivity contribution in [3.8, 4) is 6.07 Å². The number of carbonyl (C=O) groups excluding carboxylic acids is 2. The molecule has 3 saturated carbocycles. The van der Waals surface area contributed by atoms with Crippen LogP contribution < -0.4 is 0 Å². The van der Waals surface area contributed by atoms with Gasteiger partial charge in [-0.15, -0.1) is 0 Å². The molecule has 4 heteroatoms. The predicted octanol–water partition coefficient (Wildman–Crippen LogP) is 3.99. The van der Waals surface area contributed by atoms with Gasteiger partial charge >= 0.3 is 5.97 Å². The molecule has 142 valence electrons. The van der Waals surface area contributed by atoms with Crippen LogP contribution in [0.4, 0.5) is 0 Å². The Morgan fingerprint density at radius 3 is 2.62 bits per heavy atom. The van der Waals surface area contributed by atoms with Crippen LogP contribution in [-0.4, -0.2) is 17.9 Å². The number of nitrogens with zero attached hydrogens (tertiary/aromatic N) is 1. The van der Waals surface area contributed by atoms with Crippen molar-refractivity contribution in [1.29, 1.82) is 5.26 Å². The summed E-state index contributed by atoms with van der Waals surface area (Å²) in [6.45, 7) is 10.8. The van der Waals surface area contributed by atoms with Gasteiger partial charge in [0, 0.05) is 23.2 Å². The summed E-state index contributed by atoms with van der Waals surface area (Å²) in [6.07, 6.45) is 3.35. The second-order valence-corrected chi connectivity index (χ2v) is 10.4. The monoisotopic (exact) mass is 357 g/mol. The van der Waals surface area contributed by atoms with Gasteiger partial charge in [0.25, 0.3) is 0 Å². The summed E-state index contributed by atoms with van der Waals surface area (Å²) in [7, 11) is 0. The van der Waals surface area contributed by atoms with Crippen LogP contribution in [0.1, 0.15) is 60.3 Å². The molecule has 0 aromatic heterocycles. The van der Waals surface area contributed by atoms with Gasteiger partial charge in [0.15, 0.2) is 5.41 Å². The third-order valence-corrected chi connectivity index (χ3v) is 8.24. The molecule has 0 aromatic rings. The SMILES string of the molecule is CC(C)CC(C)(C(=O)C1CC1C1C2CC3C1OC(=O)C3(C#N)C2)C(C)C. The van der Waals surface area contributed by atoms with Crippen molar-refractivity contribution in [2.24, 2.45) is 52.3 Å². The van der Waals surface area contributed by atoms with Gasteiger partial charge in [-0.1, -0.05) is 34.6 Å². The summed E-state index contributed by atoms with van der Waals surface area (Å²) in [5.74, 6) is 2.19. The van der Waals surface area contributed by atoms with Gasteiger partial charge in [-0.2, -0.15) is 5.26 Å². The highest BCUT2D eigenvalue weighted by Gasteiger charge is 2.74. The Hall–Kier alpha value is -1.37. The van der Waals surface area contributed by atoms with E-state index < -0.39 is 5.41 Å². The fourth-order valence-corrected chi connectivity index (χ4v) is 6.65. The first-order chi connectivity index (χ1) is 12.2. The van der Waals surface area contributed by atoms with Crippen LogP contribution in [0.2, 0.25) is 0 Å². The van der Waals surface area contributed by atoms with E-state index in [0.29, 0.717) is 41.8 Å². The van der Waals surface area contributed by atoms with Crippen molar-refractivity contribution in [1.82, 2.24) is 0 Å². The number of rotatable bonds is 6. The second-order valence-electron chi connectivity index (χ2n) is 10.4. The maximum Gasteiger partial charge on any atom is 0.327 e. The minimum Gasteiger partial charge on any atom is -0.460 e. The number of Topliss-reactive ketones (excluding diaryl/α,β-unsaturated/α-hetero) is 1. The highest BCUT2D eigenvalue weighted by atomic mass is 16.6. The molecule has 4 nitrogen and oxygen atoms in total. The molecule has 0 radical (unpaired) electrons. The Bertz CT molecular complexity index is 692. The Kier molecular flexibility index (Phi) is 3.86. The molecule has 1 saturated heterocycles. The molecule has 0 N–H and O–H groups in total. The molecule has 8 atom stereocenters. The van der Waals surface area contributed by atoms with Gasteiger partial charge in [-0.05, 0) is 49.4 Å². The number of hydrogen-bond acceptors (Lipinski definition) is 4. The van der Waals surface area contributed by atoms with E-state index in [-0.39, 0.29) is 29.3 Å². The maximum absolute atomic E-state index is 13.4. The molecule has 26 heavy (non-hydrogen) atoms. The summed E-state index contributed by atoms with van der Waals surface area (Å²) < 4.78 is 5.70. The zero-order valence-corrected chi connectivity index (χ0v) is 16.6. The minimum absolute atomic E-state index is 0.0681. The zero-order valence-electron chi connectivity index (χ0n) is 16.6. The molecule has 4 fully saturated rings. The van der Waals surface area contributed by atoms with Crippen LogP contribution in [0, 0.1) is 63.6 Å². The van der Waals surface area contributed by atoms with Gasteiger partial charge in [0.2, 0.25) is 0 Å². The Morgan fingerprint density at radius 1 is 1.35 bits per heavy atom. The Balaban J connectivity index is 1.51. The van der Waals surface area contributed by atoms with Crippen LogP contribution in [0.5, 0.6) is 0 Å². The van der Waals surface area contributed by atoms with E-state index in [9.17, 15) is 14.9 Å². The molecule has 4 rings (SSSR count). The lowest BCUT2D eigenvalue weighted by molar-refractivity contribution is -0.146. The molecule has 8 unspecified atom stereocenters. The maximum atomic E-state index is 13.4. The van der Waals surface area contributed by atoms with Gasteiger partial charge in [-0.3, -0.25) is 9.59 Å². The summed E-state index contributed by atoms with van der Waals surface area (Å²) in [5, 5.41) is 9.56. The molecular formula is C22H31NO3. The van der Waals surface area contributed by atoms with Crippen LogP contribution in [0.3, 0.4) is 0 Å². The summed E-state index contributed by atoms with van der Waals surface area (Å²) in [6, 6.07) is 2.28. The second kappa shape index (κ2) is 5.57. The molecule has 1 aliphatic heterocycles. The average molecular weight is 357 g/mol.